The van der Waals surface area contributed by atoms with Gasteiger partial charge in [0.15, 0.2) is 0 Å². The van der Waals surface area contributed by atoms with Gasteiger partial charge in [-0.2, -0.15) is 5.01 Å². The smallest absolute Gasteiger partial charge is 0.322 e. The molecule has 1 saturated heterocycles. The van der Waals surface area contributed by atoms with Gasteiger partial charge in [-0.1, -0.05) is 18.7 Å². The number of imide groups is 1. The molecule has 10 nitrogen and oxygen atoms in total. The molecule has 27 heavy (non-hydrogen) atoms. The highest BCUT2D eigenvalue weighted by atomic mass is 32.2. The van der Waals surface area contributed by atoms with Gasteiger partial charge in [0.2, 0.25) is 11.1 Å². The fourth-order valence-corrected chi connectivity index (χ4v) is 4.14. The van der Waals surface area contributed by atoms with E-state index in [9.17, 15) is 14.4 Å². The summed E-state index contributed by atoms with van der Waals surface area (Å²) in [5.41, 5.74) is 1.22. The van der Waals surface area contributed by atoms with Crippen LogP contribution in [-0.4, -0.2) is 54.4 Å². The number of thioether (sulfide) groups is 1. The van der Waals surface area contributed by atoms with Crippen molar-refractivity contribution in [1.82, 2.24) is 36.0 Å². The molecule has 2 N–H and O–H groups in total. The van der Waals surface area contributed by atoms with E-state index in [0.29, 0.717) is 23.9 Å². The molecular weight excluding hydrogens is 370 g/mol. The highest BCUT2D eigenvalue weighted by Gasteiger charge is 2.52. The average molecular weight is 395 g/mol. The van der Waals surface area contributed by atoms with E-state index in [2.05, 4.69) is 33.2 Å². The van der Waals surface area contributed by atoms with Crippen molar-refractivity contribution in [3.05, 3.63) is 0 Å². The number of hydrogen-bond donors (Lipinski definition) is 2. The Kier molecular flexibility index (Phi) is 5.15. The summed E-state index contributed by atoms with van der Waals surface area (Å²) in [6, 6.07) is -0.576. The van der Waals surface area contributed by atoms with Crippen molar-refractivity contribution < 1.29 is 14.4 Å². The van der Waals surface area contributed by atoms with Crippen molar-refractivity contribution in [3.8, 4) is 0 Å². The third-order valence-corrected chi connectivity index (χ3v) is 5.85. The summed E-state index contributed by atoms with van der Waals surface area (Å²) in [6.45, 7) is 7.98. The van der Waals surface area contributed by atoms with E-state index < -0.39 is 17.5 Å². The first-order valence-corrected chi connectivity index (χ1v) is 9.99. The Morgan fingerprint density at radius 2 is 2.00 bits per heavy atom. The second-order valence-electron chi connectivity index (χ2n) is 8.20. The first-order valence-electron chi connectivity index (χ1n) is 9.00. The van der Waals surface area contributed by atoms with Crippen LogP contribution in [0.5, 0.6) is 0 Å². The molecule has 2 heterocycles. The summed E-state index contributed by atoms with van der Waals surface area (Å²) in [5, 5.41) is 15.6. The predicted octanol–water partition coefficient (Wildman–Crippen LogP) is 1.05. The Hall–Kier alpha value is -2.17. The standard InChI is InChI=1S/C16H25N7O3S/c1-10-5-7-16(8-6-10)12(25)22(13(26)17-16)19-11(24)9-27-14-18-20-21-23(14)15(2,3)4/h10H,5-9H2,1-4H3,(H,17,26)(H,19,24). The lowest BCUT2D eigenvalue weighted by Gasteiger charge is -2.33. The van der Waals surface area contributed by atoms with Crippen LogP contribution in [0.25, 0.3) is 0 Å². The lowest BCUT2D eigenvalue weighted by Crippen LogP contribution is -2.51. The van der Waals surface area contributed by atoms with Crippen LogP contribution in [0.2, 0.25) is 0 Å². The van der Waals surface area contributed by atoms with Crippen molar-refractivity contribution in [2.75, 3.05) is 5.75 Å². The van der Waals surface area contributed by atoms with E-state index in [0.717, 1.165) is 29.6 Å². The maximum Gasteiger partial charge on any atom is 0.344 e. The molecule has 1 aromatic rings. The molecule has 2 aliphatic rings. The number of nitrogens with zero attached hydrogens (tertiary/aromatic N) is 5. The quantitative estimate of drug-likeness (QED) is 0.577. The van der Waals surface area contributed by atoms with Gasteiger partial charge in [0.05, 0.1) is 11.3 Å². The van der Waals surface area contributed by atoms with Crippen LogP contribution in [0.4, 0.5) is 4.79 Å². The summed E-state index contributed by atoms with van der Waals surface area (Å²) in [5.74, 6) is -0.322. The van der Waals surface area contributed by atoms with Gasteiger partial charge in [0.25, 0.3) is 5.91 Å². The van der Waals surface area contributed by atoms with Crippen LogP contribution in [0.1, 0.15) is 53.4 Å². The molecule has 0 unspecified atom stereocenters. The molecule has 1 spiro atoms. The van der Waals surface area contributed by atoms with Crippen molar-refractivity contribution in [2.45, 2.75) is 69.6 Å². The number of tetrazole rings is 1. The number of aromatic nitrogens is 4. The second-order valence-corrected chi connectivity index (χ2v) is 9.15. The Labute approximate surface area is 161 Å². The molecule has 0 radical (unpaired) electrons. The van der Waals surface area contributed by atoms with Crippen LogP contribution >= 0.6 is 11.8 Å². The summed E-state index contributed by atoms with van der Waals surface area (Å²) >= 11 is 1.15. The zero-order valence-electron chi connectivity index (χ0n) is 16.0. The van der Waals surface area contributed by atoms with E-state index >= 15 is 0 Å². The van der Waals surface area contributed by atoms with Crippen molar-refractivity contribution in [3.63, 3.8) is 0 Å². The Morgan fingerprint density at radius 3 is 2.63 bits per heavy atom. The first-order chi connectivity index (χ1) is 12.6. The minimum atomic E-state index is -0.875. The molecule has 1 aromatic heterocycles. The second kappa shape index (κ2) is 7.10. The van der Waals surface area contributed by atoms with Gasteiger partial charge in [-0.3, -0.25) is 15.0 Å². The maximum absolute atomic E-state index is 12.7. The number of carbonyl (C=O) groups is 3. The third kappa shape index (κ3) is 3.92. The number of rotatable bonds is 4. The van der Waals surface area contributed by atoms with Gasteiger partial charge in [0.1, 0.15) is 5.54 Å². The minimum absolute atomic E-state index is 0.0163. The van der Waals surface area contributed by atoms with Gasteiger partial charge < -0.3 is 5.32 Å². The molecule has 1 aliphatic heterocycles. The highest BCUT2D eigenvalue weighted by Crippen LogP contribution is 2.35. The fourth-order valence-electron chi connectivity index (χ4n) is 3.29. The minimum Gasteiger partial charge on any atom is -0.322 e. The first kappa shape index (κ1) is 19.6. The predicted molar refractivity (Wildman–Crippen MR) is 97.4 cm³/mol. The molecule has 0 aromatic carbocycles. The van der Waals surface area contributed by atoms with E-state index in [1.54, 1.807) is 4.68 Å². The number of urea groups is 1. The molecule has 3 rings (SSSR count). The highest BCUT2D eigenvalue weighted by molar-refractivity contribution is 7.99. The van der Waals surface area contributed by atoms with E-state index in [-0.39, 0.29) is 17.2 Å². The zero-order chi connectivity index (χ0) is 19.8. The third-order valence-electron chi connectivity index (χ3n) is 4.93. The lowest BCUT2D eigenvalue weighted by molar-refractivity contribution is -0.139. The van der Waals surface area contributed by atoms with Gasteiger partial charge in [-0.25, -0.2) is 9.48 Å². The molecule has 148 valence electrons. The van der Waals surface area contributed by atoms with Gasteiger partial charge >= 0.3 is 6.03 Å². The number of hydrazine groups is 1. The molecule has 0 bridgehead atoms. The summed E-state index contributed by atoms with van der Waals surface area (Å²) in [4.78, 5) is 37.3. The number of amides is 4. The van der Waals surface area contributed by atoms with Crippen molar-refractivity contribution in [1.29, 1.82) is 0 Å². The normalized spacial score (nSPS) is 25.8. The largest absolute Gasteiger partial charge is 0.344 e. The van der Waals surface area contributed by atoms with Crippen LogP contribution in [0.15, 0.2) is 5.16 Å². The SMILES string of the molecule is CC1CCC2(CC1)NC(=O)N(NC(=O)CSc1nnnn1C(C)(C)C)C2=O. The van der Waals surface area contributed by atoms with E-state index in [1.165, 1.54) is 0 Å². The number of nitrogens with one attached hydrogen (secondary N) is 2. The van der Waals surface area contributed by atoms with Gasteiger partial charge in [0, 0.05) is 0 Å². The molecule has 1 aliphatic carbocycles. The fraction of sp³-hybridized carbons (Fsp3) is 0.750. The molecule has 1 saturated carbocycles. The molecule has 4 amide bonds. The molecule has 0 atom stereocenters. The zero-order valence-corrected chi connectivity index (χ0v) is 16.8. The van der Waals surface area contributed by atoms with Crippen LogP contribution in [0.3, 0.4) is 0 Å². The number of hydrogen-bond acceptors (Lipinski definition) is 7. The topological polar surface area (TPSA) is 122 Å². The number of carbonyl (C=O) groups excluding carboxylic acids is 3. The summed E-state index contributed by atoms with van der Waals surface area (Å²) < 4.78 is 1.62. The van der Waals surface area contributed by atoms with Crippen LogP contribution in [0, 0.1) is 5.92 Å². The maximum atomic E-state index is 12.7. The molecular formula is C16H25N7O3S. The van der Waals surface area contributed by atoms with Crippen LogP contribution < -0.4 is 10.7 Å². The van der Waals surface area contributed by atoms with Gasteiger partial charge in [-0.05, 0) is 62.8 Å². The Bertz CT molecular complexity index is 749. The summed E-state index contributed by atoms with van der Waals surface area (Å²) in [7, 11) is 0. The van der Waals surface area contributed by atoms with Crippen molar-refractivity contribution >= 4 is 29.6 Å². The average Bonchev–Trinajstić information content (AvgIpc) is 3.15. The Morgan fingerprint density at radius 1 is 1.33 bits per heavy atom. The van der Waals surface area contributed by atoms with E-state index in [4.69, 9.17) is 0 Å². The molecule has 11 heteroatoms. The lowest BCUT2D eigenvalue weighted by atomic mass is 9.77. The van der Waals surface area contributed by atoms with Crippen molar-refractivity contribution in [2.24, 2.45) is 5.92 Å². The van der Waals surface area contributed by atoms with E-state index in [1.807, 2.05) is 20.8 Å². The summed E-state index contributed by atoms with van der Waals surface area (Å²) in [6.07, 6.45) is 2.94. The Balaban J connectivity index is 1.59. The van der Waals surface area contributed by atoms with Gasteiger partial charge in [-0.15, -0.1) is 5.10 Å². The molecule has 2 fully saturated rings. The monoisotopic (exact) mass is 395 g/mol. The van der Waals surface area contributed by atoms with Crippen LogP contribution in [-0.2, 0) is 15.1 Å².